The lowest BCUT2D eigenvalue weighted by Gasteiger charge is -2.47. The molecule has 0 spiro atoms. The van der Waals surface area contributed by atoms with E-state index in [2.05, 4.69) is 33.8 Å². The zero-order valence-electron chi connectivity index (χ0n) is 11.0. The fourth-order valence-corrected chi connectivity index (χ4v) is 4.96. The molecule has 0 aromatic carbocycles. The highest BCUT2D eigenvalue weighted by Gasteiger charge is 2.68. The average Bonchev–Trinajstić information content (AvgIpc) is 2.78. The highest BCUT2D eigenvalue weighted by atomic mass is 16.3. The van der Waals surface area contributed by atoms with Crippen LogP contribution in [0.4, 0.5) is 0 Å². The molecule has 0 heterocycles. The van der Waals surface area contributed by atoms with Crippen LogP contribution >= 0.6 is 0 Å². The van der Waals surface area contributed by atoms with Crippen molar-refractivity contribution in [1.82, 2.24) is 0 Å². The van der Waals surface area contributed by atoms with Gasteiger partial charge < -0.3 is 5.11 Å². The summed E-state index contributed by atoms with van der Waals surface area (Å²) < 4.78 is 0. The fourth-order valence-electron chi connectivity index (χ4n) is 4.96. The van der Waals surface area contributed by atoms with Crippen LogP contribution in [0.2, 0.25) is 0 Å². The van der Waals surface area contributed by atoms with Gasteiger partial charge in [-0.05, 0) is 47.8 Å². The number of fused-ring (bicyclic) bond motifs is 3. The lowest BCUT2D eigenvalue weighted by molar-refractivity contribution is 0.00407. The van der Waals surface area contributed by atoms with Crippen LogP contribution in [-0.4, -0.2) is 11.2 Å². The van der Waals surface area contributed by atoms with Gasteiger partial charge in [-0.25, -0.2) is 0 Å². The maximum absolute atomic E-state index is 10.2. The Hall–Kier alpha value is -0.300. The molecule has 2 fully saturated rings. The normalized spacial score (nSPS) is 53.7. The van der Waals surface area contributed by atoms with E-state index in [1.165, 1.54) is 6.42 Å². The van der Waals surface area contributed by atoms with Crippen LogP contribution in [0.25, 0.3) is 0 Å². The third-order valence-corrected chi connectivity index (χ3v) is 6.24. The molecule has 16 heavy (non-hydrogen) atoms. The molecular formula is C15H24O. The molecule has 3 aliphatic rings. The molecule has 0 bridgehead atoms. The number of hydrogen-bond acceptors (Lipinski definition) is 1. The number of hydrogen-bond donors (Lipinski definition) is 1. The van der Waals surface area contributed by atoms with E-state index in [1.807, 2.05) is 0 Å². The molecular weight excluding hydrogens is 196 g/mol. The number of aliphatic hydroxyl groups excluding tert-OH is 1. The smallest absolute Gasteiger partial charge is 0.0577 e. The minimum Gasteiger partial charge on any atom is -0.393 e. The SMILES string of the molecule is CC1C(O)CCC2=CCC3C(C3(C)C)C21C. The van der Waals surface area contributed by atoms with Gasteiger partial charge in [-0.2, -0.15) is 0 Å². The van der Waals surface area contributed by atoms with Crippen molar-refractivity contribution in [3.63, 3.8) is 0 Å². The molecule has 1 N–H and O–H groups in total. The van der Waals surface area contributed by atoms with Gasteiger partial charge in [0.1, 0.15) is 0 Å². The molecule has 5 atom stereocenters. The summed E-state index contributed by atoms with van der Waals surface area (Å²) in [7, 11) is 0. The maximum Gasteiger partial charge on any atom is 0.0577 e. The first-order valence-electron chi connectivity index (χ1n) is 6.77. The predicted octanol–water partition coefficient (Wildman–Crippen LogP) is 3.39. The second kappa shape index (κ2) is 2.93. The molecule has 0 amide bonds. The molecule has 3 aliphatic carbocycles. The van der Waals surface area contributed by atoms with Crippen LogP contribution < -0.4 is 0 Å². The van der Waals surface area contributed by atoms with Gasteiger partial charge in [0.25, 0.3) is 0 Å². The fraction of sp³-hybridized carbons (Fsp3) is 0.867. The molecule has 0 saturated heterocycles. The van der Waals surface area contributed by atoms with Gasteiger partial charge in [-0.3, -0.25) is 0 Å². The first-order chi connectivity index (χ1) is 7.40. The van der Waals surface area contributed by atoms with Crippen LogP contribution in [0.3, 0.4) is 0 Å². The molecule has 1 heteroatoms. The summed E-state index contributed by atoms with van der Waals surface area (Å²) in [5.41, 5.74) is 2.43. The van der Waals surface area contributed by atoms with Crippen molar-refractivity contribution in [2.24, 2.45) is 28.6 Å². The minimum atomic E-state index is -0.0858. The highest BCUT2D eigenvalue weighted by Crippen LogP contribution is 2.74. The molecule has 90 valence electrons. The first kappa shape index (κ1) is 10.8. The molecule has 0 aromatic rings. The van der Waals surface area contributed by atoms with Crippen LogP contribution in [0.5, 0.6) is 0 Å². The van der Waals surface area contributed by atoms with E-state index in [1.54, 1.807) is 5.57 Å². The molecule has 1 nitrogen and oxygen atoms in total. The summed E-state index contributed by atoms with van der Waals surface area (Å²) in [6.07, 6.45) is 5.79. The van der Waals surface area contributed by atoms with Crippen molar-refractivity contribution in [2.75, 3.05) is 0 Å². The number of rotatable bonds is 0. The van der Waals surface area contributed by atoms with Gasteiger partial charge in [0.05, 0.1) is 6.10 Å². The van der Waals surface area contributed by atoms with Crippen molar-refractivity contribution in [1.29, 1.82) is 0 Å². The summed E-state index contributed by atoms with van der Waals surface area (Å²) in [5.74, 6) is 2.11. The van der Waals surface area contributed by atoms with Gasteiger partial charge in [0, 0.05) is 0 Å². The Labute approximate surface area is 98.9 Å². The van der Waals surface area contributed by atoms with Crippen molar-refractivity contribution in [2.45, 2.75) is 53.1 Å². The van der Waals surface area contributed by atoms with Crippen molar-refractivity contribution < 1.29 is 5.11 Å². The molecule has 3 rings (SSSR count). The molecule has 0 aliphatic heterocycles. The average molecular weight is 220 g/mol. The Morgan fingerprint density at radius 2 is 2.00 bits per heavy atom. The Morgan fingerprint density at radius 1 is 1.31 bits per heavy atom. The van der Waals surface area contributed by atoms with E-state index >= 15 is 0 Å². The summed E-state index contributed by atoms with van der Waals surface area (Å²) in [6, 6.07) is 0. The standard InChI is InChI=1S/C15H24O/c1-9-12(16)8-6-10-5-7-11-13(14(11,2)3)15(9,10)4/h5,9,11-13,16H,6-8H2,1-4H3. The Bertz CT molecular complexity index is 354. The molecule has 0 aromatic heterocycles. The third kappa shape index (κ3) is 1.06. The zero-order valence-corrected chi connectivity index (χ0v) is 11.0. The van der Waals surface area contributed by atoms with Gasteiger partial charge in [-0.15, -0.1) is 0 Å². The molecule has 0 radical (unpaired) electrons. The summed E-state index contributed by atoms with van der Waals surface area (Å²) in [6.45, 7) is 9.50. The highest BCUT2D eigenvalue weighted by molar-refractivity contribution is 5.32. The van der Waals surface area contributed by atoms with Crippen LogP contribution in [0, 0.1) is 28.6 Å². The molecule has 2 saturated carbocycles. The quantitative estimate of drug-likeness (QED) is 0.620. The van der Waals surface area contributed by atoms with Crippen molar-refractivity contribution in [3.8, 4) is 0 Å². The first-order valence-corrected chi connectivity index (χ1v) is 6.77. The largest absolute Gasteiger partial charge is 0.393 e. The second-order valence-corrected chi connectivity index (χ2v) is 7.05. The van der Waals surface area contributed by atoms with E-state index in [-0.39, 0.29) is 11.5 Å². The zero-order chi connectivity index (χ0) is 11.7. The van der Waals surface area contributed by atoms with Crippen LogP contribution in [-0.2, 0) is 0 Å². The maximum atomic E-state index is 10.2. The van der Waals surface area contributed by atoms with E-state index in [4.69, 9.17) is 0 Å². The predicted molar refractivity (Wildman–Crippen MR) is 66.0 cm³/mol. The summed E-state index contributed by atoms with van der Waals surface area (Å²) in [4.78, 5) is 0. The minimum absolute atomic E-state index is 0.0858. The van der Waals surface area contributed by atoms with E-state index in [0.29, 0.717) is 11.3 Å². The number of allylic oxidation sites excluding steroid dienone is 2. The van der Waals surface area contributed by atoms with E-state index in [9.17, 15) is 5.11 Å². The van der Waals surface area contributed by atoms with E-state index in [0.717, 1.165) is 24.7 Å². The third-order valence-electron chi connectivity index (χ3n) is 6.24. The topological polar surface area (TPSA) is 20.2 Å². The number of aliphatic hydroxyl groups is 1. The van der Waals surface area contributed by atoms with E-state index < -0.39 is 0 Å². The molecule has 5 unspecified atom stereocenters. The van der Waals surface area contributed by atoms with Crippen LogP contribution in [0.15, 0.2) is 11.6 Å². The van der Waals surface area contributed by atoms with Crippen LogP contribution in [0.1, 0.15) is 47.0 Å². The Kier molecular flexibility index (Phi) is 1.98. The van der Waals surface area contributed by atoms with Crippen molar-refractivity contribution in [3.05, 3.63) is 11.6 Å². The monoisotopic (exact) mass is 220 g/mol. The summed E-state index contributed by atoms with van der Waals surface area (Å²) in [5, 5.41) is 10.2. The van der Waals surface area contributed by atoms with Gasteiger partial charge in [0.15, 0.2) is 0 Å². The van der Waals surface area contributed by atoms with Gasteiger partial charge in [-0.1, -0.05) is 39.3 Å². The van der Waals surface area contributed by atoms with Gasteiger partial charge >= 0.3 is 0 Å². The van der Waals surface area contributed by atoms with Gasteiger partial charge in [0.2, 0.25) is 0 Å². The second-order valence-electron chi connectivity index (χ2n) is 7.05. The summed E-state index contributed by atoms with van der Waals surface area (Å²) >= 11 is 0. The van der Waals surface area contributed by atoms with Crippen molar-refractivity contribution >= 4 is 0 Å². The Balaban J connectivity index is 2.03. The lowest BCUT2D eigenvalue weighted by atomic mass is 9.58. The lowest BCUT2D eigenvalue weighted by Crippen LogP contribution is -2.43. The Morgan fingerprint density at radius 3 is 2.69 bits per heavy atom.